The minimum atomic E-state index is -4.28. The van der Waals surface area contributed by atoms with Gasteiger partial charge in [0.05, 0.1) is 39.3 Å². The highest BCUT2D eigenvalue weighted by Gasteiger charge is 2.54. The maximum atomic E-state index is 14.9. The number of nitrogens with two attached hydrogens (primary N) is 1. The Morgan fingerprint density at radius 3 is 2.54 bits per heavy atom. The third-order valence-electron chi connectivity index (χ3n) is 8.32. The molecule has 3 aromatic carbocycles. The first kappa shape index (κ1) is 35.7. The van der Waals surface area contributed by atoms with E-state index in [-0.39, 0.29) is 35.0 Å². The number of benzene rings is 3. The number of aliphatic hydroxyl groups is 2. The third-order valence-corrected chi connectivity index (χ3v) is 9.87. The van der Waals surface area contributed by atoms with E-state index in [1.165, 1.54) is 24.9 Å². The van der Waals surface area contributed by atoms with Gasteiger partial charge in [0.2, 0.25) is 11.8 Å². The first-order valence-electron chi connectivity index (χ1n) is 16.2. The molecule has 3 heterocycles. The van der Waals surface area contributed by atoms with Crippen LogP contribution in [0.3, 0.4) is 0 Å². The highest BCUT2D eigenvalue weighted by Crippen LogP contribution is 2.50. The van der Waals surface area contributed by atoms with Crippen molar-refractivity contribution in [3.05, 3.63) is 84.7 Å². The first-order valence-corrected chi connectivity index (χ1v) is 17.7. The van der Waals surface area contributed by atoms with Crippen LogP contribution in [0.25, 0.3) is 21.9 Å². The number of aromatic nitrogens is 4. The fraction of sp³-hybridized carbons (Fsp3) is 0.400. The molecule has 5 N–H and O–H groups in total. The number of nitrogen functional groups attached to an aromatic ring is 1. The Labute approximate surface area is 290 Å². The second kappa shape index (κ2) is 14.2. The number of nitrogens with zero attached hydrogens (tertiary/aromatic N) is 4. The number of hydrogen-bond donors (Lipinski definition) is 4. The fourth-order valence-corrected chi connectivity index (χ4v) is 7.38. The van der Waals surface area contributed by atoms with Crippen LogP contribution < -0.4 is 20.1 Å². The SMILES string of the molecule is COc1nc(N)nc2c1ncn2C1OC(COP(=O)(NC(COCC(C)(C)C)c2ccccc2)Oc2cccc3ccccc23)C(O)C1(C)O. The lowest BCUT2D eigenvalue weighted by atomic mass is 9.96. The number of ether oxygens (including phenoxy) is 3. The van der Waals surface area contributed by atoms with Crippen LogP contribution >= 0.6 is 7.75 Å². The Balaban J connectivity index is 1.30. The van der Waals surface area contributed by atoms with E-state index >= 15 is 0 Å². The standard InChI is InChI=1S/C35H43N6O8P/c1-34(2,3)20-46-18-25(23-13-7-6-8-14-23)40-50(44,49-26-17-11-15-22-12-9-10-16-24(22)26)47-19-27-29(42)35(4,43)32(48-27)41-21-37-28-30(41)38-33(36)39-31(28)45-5/h6-17,21,25,27,29,32,42-43H,18-20H2,1-5H3,(H,40,44)(H2,36,38,39). The minimum Gasteiger partial charge on any atom is -0.479 e. The molecule has 0 spiro atoms. The number of aliphatic hydroxyl groups excluding tert-OH is 1. The normalized spacial score (nSPS) is 22.8. The van der Waals surface area contributed by atoms with Crippen LogP contribution in [0.1, 0.15) is 45.5 Å². The molecule has 0 bridgehead atoms. The molecule has 0 amide bonds. The van der Waals surface area contributed by atoms with Gasteiger partial charge in [-0.15, -0.1) is 0 Å². The van der Waals surface area contributed by atoms with Gasteiger partial charge in [-0.3, -0.25) is 9.09 Å². The van der Waals surface area contributed by atoms with E-state index in [9.17, 15) is 14.8 Å². The van der Waals surface area contributed by atoms with Crippen LogP contribution in [0.4, 0.5) is 5.95 Å². The monoisotopic (exact) mass is 706 g/mol. The topological polar surface area (TPSA) is 185 Å². The summed E-state index contributed by atoms with van der Waals surface area (Å²) in [5.74, 6) is 0.391. The number of imidazole rings is 1. The molecule has 0 radical (unpaired) electrons. The van der Waals surface area contributed by atoms with Gasteiger partial charge in [-0.2, -0.15) is 9.97 Å². The van der Waals surface area contributed by atoms with Crippen LogP contribution in [0.15, 0.2) is 79.1 Å². The summed E-state index contributed by atoms with van der Waals surface area (Å²) < 4.78 is 46.3. The van der Waals surface area contributed by atoms with E-state index in [1.807, 2.05) is 60.7 Å². The Morgan fingerprint density at radius 2 is 1.80 bits per heavy atom. The largest absolute Gasteiger partial charge is 0.479 e. The lowest BCUT2D eigenvalue weighted by Gasteiger charge is -2.28. The predicted octanol–water partition coefficient (Wildman–Crippen LogP) is 5.18. The van der Waals surface area contributed by atoms with Crippen molar-refractivity contribution < 1.29 is 38.0 Å². The van der Waals surface area contributed by atoms with Crippen molar-refractivity contribution in [2.45, 2.75) is 57.8 Å². The van der Waals surface area contributed by atoms with Crippen molar-refractivity contribution in [2.75, 3.05) is 32.7 Å². The summed E-state index contributed by atoms with van der Waals surface area (Å²) in [7, 11) is -2.86. The number of rotatable bonds is 13. The second-order valence-corrected chi connectivity index (χ2v) is 15.3. The van der Waals surface area contributed by atoms with Crippen LogP contribution in [0, 0.1) is 5.41 Å². The maximum Gasteiger partial charge on any atom is 0.459 e. The first-order chi connectivity index (χ1) is 23.8. The van der Waals surface area contributed by atoms with Gasteiger partial charge in [-0.05, 0) is 29.4 Å². The van der Waals surface area contributed by atoms with Crippen LogP contribution in [0.2, 0.25) is 0 Å². The molecule has 0 aliphatic carbocycles. The molecule has 14 nitrogen and oxygen atoms in total. The summed E-state index contributed by atoms with van der Waals surface area (Å²) in [6, 6.07) is 21.8. The van der Waals surface area contributed by atoms with Crippen LogP contribution in [-0.2, 0) is 18.6 Å². The fourth-order valence-electron chi connectivity index (χ4n) is 5.83. The third kappa shape index (κ3) is 7.62. The van der Waals surface area contributed by atoms with E-state index < -0.39 is 44.4 Å². The Bertz CT molecular complexity index is 1980. The second-order valence-electron chi connectivity index (χ2n) is 13.6. The van der Waals surface area contributed by atoms with Gasteiger partial charge in [-0.25, -0.2) is 14.6 Å². The minimum absolute atomic E-state index is 0.0776. The molecule has 1 aliphatic heterocycles. The summed E-state index contributed by atoms with van der Waals surface area (Å²) in [5, 5.41) is 27.6. The summed E-state index contributed by atoms with van der Waals surface area (Å²) in [5.41, 5.74) is 5.24. The number of fused-ring (bicyclic) bond motifs is 2. The van der Waals surface area contributed by atoms with E-state index in [2.05, 4.69) is 40.8 Å². The predicted molar refractivity (Wildman–Crippen MR) is 188 cm³/mol. The van der Waals surface area contributed by atoms with E-state index in [1.54, 1.807) is 12.1 Å². The van der Waals surface area contributed by atoms with Crippen molar-refractivity contribution in [1.82, 2.24) is 24.6 Å². The molecule has 2 aromatic heterocycles. The van der Waals surface area contributed by atoms with E-state index in [0.717, 1.165) is 16.3 Å². The summed E-state index contributed by atoms with van der Waals surface area (Å²) >= 11 is 0. The van der Waals surface area contributed by atoms with Gasteiger partial charge >= 0.3 is 7.75 Å². The Kier molecular flexibility index (Phi) is 10.2. The molecule has 1 saturated heterocycles. The lowest BCUT2D eigenvalue weighted by molar-refractivity contribution is -0.0948. The highest BCUT2D eigenvalue weighted by atomic mass is 31.2. The van der Waals surface area contributed by atoms with Crippen molar-refractivity contribution in [3.63, 3.8) is 0 Å². The van der Waals surface area contributed by atoms with Gasteiger partial charge in [0.25, 0.3) is 0 Å². The zero-order valence-electron chi connectivity index (χ0n) is 28.6. The molecule has 5 aromatic rings. The molecule has 6 atom stereocenters. The molecule has 6 rings (SSSR count). The number of nitrogens with one attached hydrogen (secondary N) is 1. The molecular formula is C35H43N6O8P. The Hall–Kier alpha value is -4.14. The molecule has 1 fully saturated rings. The maximum absolute atomic E-state index is 14.9. The van der Waals surface area contributed by atoms with Gasteiger partial charge < -0.3 is 34.7 Å². The molecular weight excluding hydrogens is 663 g/mol. The zero-order valence-corrected chi connectivity index (χ0v) is 29.5. The van der Waals surface area contributed by atoms with Crippen LogP contribution in [0.5, 0.6) is 11.6 Å². The quantitative estimate of drug-likeness (QED) is 0.118. The molecule has 266 valence electrons. The summed E-state index contributed by atoms with van der Waals surface area (Å²) in [6.45, 7) is 7.80. The van der Waals surface area contributed by atoms with Crippen molar-refractivity contribution in [1.29, 1.82) is 0 Å². The average molecular weight is 707 g/mol. The van der Waals surface area contributed by atoms with Crippen LogP contribution in [-0.4, -0.2) is 74.5 Å². The molecule has 6 unspecified atom stereocenters. The summed E-state index contributed by atoms with van der Waals surface area (Å²) in [4.78, 5) is 12.6. The van der Waals surface area contributed by atoms with E-state index in [4.69, 9.17) is 29.0 Å². The van der Waals surface area contributed by atoms with Crippen molar-refractivity contribution in [2.24, 2.45) is 5.41 Å². The van der Waals surface area contributed by atoms with Crippen molar-refractivity contribution in [3.8, 4) is 11.6 Å². The zero-order chi connectivity index (χ0) is 35.7. The van der Waals surface area contributed by atoms with Gasteiger partial charge in [0.1, 0.15) is 23.6 Å². The smallest absolute Gasteiger partial charge is 0.459 e. The molecule has 0 saturated carbocycles. The molecule has 1 aliphatic rings. The molecule has 15 heteroatoms. The van der Waals surface area contributed by atoms with Gasteiger partial charge in [0, 0.05) is 5.39 Å². The van der Waals surface area contributed by atoms with Gasteiger partial charge in [0.15, 0.2) is 17.4 Å². The van der Waals surface area contributed by atoms with E-state index in [0.29, 0.717) is 12.4 Å². The van der Waals surface area contributed by atoms with Crippen molar-refractivity contribution >= 4 is 35.6 Å². The molecule has 50 heavy (non-hydrogen) atoms. The number of methoxy groups -OCH3 is 1. The summed E-state index contributed by atoms with van der Waals surface area (Å²) in [6.07, 6.45) is -2.46. The Morgan fingerprint density at radius 1 is 1.08 bits per heavy atom. The lowest BCUT2D eigenvalue weighted by Crippen LogP contribution is -2.44. The number of hydrogen-bond acceptors (Lipinski definition) is 12. The van der Waals surface area contributed by atoms with Gasteiger partial charge in [-0.1, -0.05) is 87.5 Å². The highest BCUT2D eigenvalue weighted by molar-refractivity contribution is 7.52. The average Bonchev–Trinajstić information content (AvgIpc) is 3.59. The number of anilines is 1.